The number of anilines is 1. The molecule has 29 heavy (non-hydrogen) atoms. The highest BCUT2D eigenvalue weighted by molar-refractivity contribution is 7.21. The van der Waals surface area contributed by atoms with Gasteiger partial charge in [0.2, 0.25) is 0 Å². The second kappa shape index (κ2) is 6.93. The summed E-state index contributed by atoms with van der Waals surface area (Å²) in [6.07, 6.45) is 1.77. The highest BCUT2D eigenvalue weighted by atomic mass is 32.1. The first-order valence-corrected chi connectivity index (χ1v) is 10.2. The SMILES string of the molecule is Cn1nc(C(=O)N2CCN(c3nc4cccnc4s3)CC2)c2ccccc2c1=O. The van der Waals surface area contributed by atoms with Crippen LogP contribution in [-0.4, -0.2) is 56.7 Å². The molecule has 0 atom stereocenters. The normalized spacial score (nSPS) is 14.7. The number of hydrogen-bond donors (Lipinski definition) is 0. The molecule has 0 N–H and O–H groups in total. The maximum absolute atomic E-state index is 13.2. The van der Waals surface area contributed by atoms with Crippen molar-refractivity contribution >= 4 is 43.5 Å². The van der Waals surface area contributed by atoms with Crippen molar-refractivity contribution in [3.8, 4) is 0 Å². The van der Waals surface area contributed by atoms with E-state index in [9.17, 15) is 9.59 Å². The predicted octanol–water partition coefficient (Wildman–Crippen LogP) is 1.90. The van der Waals surface area contributed by atoms with E-state index in [0.29, 0.717) is 42.6 Å². The van der Waals surface area contributed by atoms with E-state index in [1.54, 1.807) is 47.7 Å². The number of piperazine rings is 1. The number of nitrogens with zero attached hydrogens (tertiary/aromatic N) is 6. The molecule has 0 bridgehead atoms. The molecule has 1 aliphatic heterocycles. The van der Waals surface area contributed by atoms with Crippen LogP contribution in [0.15, 0.2) is 47.4 Å². The number of rotatable bonds is 2. The summed E-state index contributed by atoms with van der Waals surface area (Å²) in [5.41, 5.74) is 1.01. The van der Waals surface area contributed by atoms with E-state index in [0.717, 1.165) is 15.5 Å². The number of aryl methyl sites for hydroxylation is 1. The summed E-state index contributed by atoms with van der Waals surface area (Å²) in [6.45, 7) is 2.52. The van der Waals surface area contributed by atoms with Crippen LogP contribution in [0.25, 0.3) is 21.1 Å². The van der Waals surface area contributed by atoms with Gasteiger partial charge >= 0.3 is 0 Å². The fraction of sp³-hybridized carbons (Fsp3) is 0.250. The Morgan fingerprint density at radius 2 is 1.79 bits per heavy atom. The van der Waals surface area contributed by atoms with Gasteiger partial charge in [0.15, 0.2) is 10.8 Å². The fourth-order valence-corrected chi connectivity index (χ4v) is 4.56. The number of pyridine rings is 1. The van der Waals surface area contributed by atoms with Gasteiger partial charge in [-0.05, 0) is 18.2 Å². The van der Waals surface area contributed by atoms with Gasteiger partial charge in [0, 0.05) is 44.8 Å². The van der Waals surface area contributed by atoms with Gasteiger partial charge in [-0.3, -0.25) is 9.59 Å². The van der Waals surface area contributed by atoms with Crippen molar-refractivity contribution in [3.63, 3.8) is 0 Å². The molecule has 146 valence electrons. The molecule has 4 heterocycles. The number of carbonyl (C=O) groups is 1. The van der Waals surface area contributed by atoms with Crippen LogP contribution in [0.1, 0.15) is 10.5 Å². The van der Waals surface area contributed by atoms with Gasteiger partial charge in [0.05, 0.1) is 5.39 Å². The van der Waals surface area contributed by atoms with Gasteiger partial charge < -0.3 is 9.80 Å². The maximum atomic E-state index is 13.2. The van der Waals surface area contributed by atoms with Crippen LogP contribution in [-0.2, 0) is 7.05 Å². The quantitative estimate of drug-likeness (QED) is 0.506. The number of fused-ring (bicyclic) bond motifs is 2. The predicted molar refractivity (Wildman–Crippen MR) is 113 cm³/mol. The lowest BCUT2D eigenvalue weighted by Gasteiger charge is -2.34. The van der Waals surface area contributed by atoms with Crippen LogP contribution in [0.3, 0.4) is 0 Å². The molecule has 1 aromatic carbocycles. The van der Waals surface area contributed by atoms with Gasteiger partial charge in [0.25, 0.3) is 11.5 Å². The van der Waals surface area contributed by atoms with Gasteiger partial charge in [-0.15, -0.1) is 0 Å². The third-order valence-electron chi connectivity index (χ3n) is 5.15. The first-order valence-electron chi connectivity index (χ1n) is 9.33. The summed E-state index contributed by atoms with van der Waals surface area (Å²) in [4.78, 5) is 39.4. The van der Waals surface area contributed by atoms with Crippen molar-refractivity contribution in [3.05, 3.63) is 58.6 Å². The summed E-state index contributed by atoms with van der Waals surface area (Å²) in [6, 6.07) is 11.0. The lowest BCUT2D eigenvalue weighted by Crippen LogP contribution is -2.49. The Hall–Kier alpha value is -3.33. The van der Waals surface area contributed by atoms with Gasteiger partial charge in [-0.2, -0.15) is 5.10 Å². The average Bonchev–Trinajstić information content (AvgIpc) is 3.20. The highest BCUT2D eigenvalue weighted by Crippen LogP contribution is 2.28. The van der Waals surface area contributed by atoms with Crippen molar-refractivity contribution in [2.45, 2.75) is 0 Å². The molecule has 0 saturated carbocycles. The first-order chi connectivity index (χ1) is 14.1. The zero-order valence-electron chi connectivity index (χ0n) is 15.8. The minimum atomic E-state index is -0.202. The lowest BCUT2D eigenvalue weighted by atomic mass is 10.1. The largest absolute Gasteiger partial charge is 0.344 e. The molecular formula is C20H18N6O2S. The molecular weight excluding hydrogens is 388 g/mol. The van der Waals surface area contributed by atoms with E-state index in [1.807, 2.05) is 18.2 Å². The zero-order chi connectivity index (χ0) is 20.0. The van der Waals surface area contributed by atoms with E-state index < -0.39 is 0 Å². The van der Waals surface area contributed by atoms with Gasteiger partial charge in [0.1, 0.15) is 10.3 Å². The summed E-state index contributed by atoms with van der Waals surface area (Å²) < 4.78 is 1.24. The Balaban J connectivity index is 1.38. The lowest BCUT2D eigenvalue weighted by molar-refractivity contribution is 0.0740. The van der Waals surface area contributed by atoms with E-state index in [4.69, 9.17) is 0 Å². The number of amides is 1. The molecule has 8 nitrogen and oxygen atoms in total. The smallest absolute Gasteiger partial charge is 0.275 e. The monoisotopic (exact) mass is 406 g/mol. The highest BCUT2D eigenvalue weighted by Gasteiger charge is 2.26. The molecule has 1 saturated heterocycles. The number of thiazole rings is 1. The Morgan fingerprint density at radius 1 is 1.03 bits per heavy atom. The van der Waals surface area contributed by atoms with E-state index in [2.05, 4.69) is 20.0 Å². The van der Waals surface area contributed by atoms with Crippen LogP contribution < -0.4 is 10.5 Å². The Bertz CT molecular complexity index is 1260. The zero-order valence-corrected chi connectivity index (χ0v) is 16.6. The van der Waals surface area contributed by atoms with Crippen LogP contribution in [0.4, 0.5) is 5.13 Å². The number of carbonyl (C=O) groups excluding carboxylic acids is 1. The van der Waals surface area contributed by atoms with Crippen LogP contribution in [0.2, 0.25) is 0 Å². The molecule has 3 aromatic heterocycles. The molecule has 5 rings (SSSR count). The molecule has 1 aliphatic rings. The standard InChI is InChI=1S/C20H18N6O2S/c1-24-18(27)14-6-3-2-5-13(14)16(23-24)19(28)25-9-11-26(12-10-25)20-22-15-7-4-8-21-17(15)29-20/h2-8H,9-12H2,1H3. The minimum Gasteiger partial charge on any atom is -0.344 e. The first kappa shape index (κ1) is 17.7. The second-order valence-electron chi connectivity index (χ2n) is 6.93. The third-order valence-corrected chi connectivity index (χ3v) is 6.19. The minimum absolute atomic E-state index is 0.151. The molecule has 9 heteroatoms. The Morgan fingerprint density at radius 3 is 2.55 bits per heavy atom. The van der Waals surface area contributed by atoms with E-state index in [1.165, 1.54) is 4.68 Å². The average molecular weight is 406 g/mol. The molecule has 0 spiro atoms. The molecule has 1 fully saturated rings. The molecule has 0 radical (unpaired) electrons. The third kappa shape index (κ3) is 3.03. The van der Waals surface area contributed by atoms with Crippen molar-refractivity contribution in [1.82, 2.24) is 24.6 Å². The van der Waals surface area contributed by atoms with Crippen LogP contribution in [0, 0.1) is 0 Å². The molecule has 1 amide bonds. The molecule has 4 aromatic rings. The summed E-state index contributed by atoms with van der Waals surface area (Å²) in [5.74, 6) is -0.151. The number of aromatic nitrogens is 4. The van der Waals surface area contributed by atoms with Gasteiger partial charge in [-0.25, -0.2) is 14.6 Å². The van der Waals surface area contributed by atoms with Crippen molar-refractivity contribution in [2.24, 2.45) is 7.05 Å². The Kier molecular flexibility index (Phi) is 4.24. The second-order valence-corrected chi connectivity index (χ2v) is 7.88. The van der Waals surface area contributed by atoms with E-state index >= 15 is 0 Å². The number of hydrogen-bond acceptors (Lipinski definition) is 7. The van der Waals surface area contributed by atoms with Gasteiger partial charge in [-0.1, -0.05) is 29.5 Å². The van der Waals surface area contributed by atoms with Crippen molar-refractivity contribution in [2.75, 3.05) is 31.1 Å². The van der Waals surface area contributed by atoms with Crippen molar-refractivity contribution < 1.29 is 4.79 Å². The van der Waals surface area contributed by atoms with Crippen LogP contribution >= 0.6 is 11.3 Å². The van der Waals surface area contributed by atoms with Crippen molar-refractivity contribution in [1.29, 1.82) is 0 Å². The topological polar surface area (TPSA) is 84.2 Å². The number of benzene rings is 1. The summed E-state index contributed by atoms with van der Waals surface area (Å²) >= 11 is 1.57. The Labute approximate surface area is 170 Å². The molecule has 0 unspecified atom stereocenters. The van der Waals surface area contributed by atoms with E-state index in [-0.39, 0.29) is 11.5 Å². The van der Waals surface area contributed by atoms with Crippen LogP contribution in [0.5, 0.6) is 0 Å². The molecule has 0 aliphatic carbocycles. The maximum Gasteiger partial charge on any atom is 0.275 e. The summed E-state index contributed by atoms with van der Waals surface area (Å²) in [5, 5.41) is 6.30. The summed E-state index contributed by atoms with van der Waals surface area (Å²) in [7, 11) is 1.57. The fourth-order valence-electron chi connectivity index (χ4n) is 3.60.